The maximum absolute atomic E-state index is 12.7. The first-order chi connectivity index (χ1) is 13.2. The third kappa shape index (κ3) is 5.16. The molecule has 1 saturated heterocycles. The largest absolute Gasteiger partial charge is 0.417 e. The summed E-state index contributed by atoms with van der Waals surface area (Å²) in [5.41, 5.74) is -0.736. The number of amides is 1. The summed E-state index contributed by atoms with van der Waals surface area (Å²) in [5, 5.41) is 0. The minimum Gasteiger partial charge on any atom is -0.354 e. The number of likely N-dealkylation sites (N-methyl/N-ethyl adjacent to an activating group) is 1. The second-order valence-electron chi connectivity index (χ2n) is 8.08. The van der Waals surface area contributed by atoms with Crippen molar-refractivity contribution in [2.45, 2.75) is 44.8 Å². The molecule has 0 atom stereocenters. The van der Waals surface area contributed by atoms with Gasteiger partial charge in [0.25, 0.3) is 0 Å². The lowest BCUT2D eigenvalue weighted by atomic mass is 9.87. The van der Waals surface area contributed by atoms with Gasteiger partial charge in [-0.1, -0.05) is 6.92 Å². The molecule has 0 aromatic carbocycles. The number of rotatable bonds is 4. The second-order valence-corrected chi connectivity index (χ2v) is 8.08. The monoisotopic (exact) mass is 398 g/mol. The minimum atomic E-state index is -4.37. The van der Waals surface area contributed by atoms with Crippen molar-refractivity contribution in [2.75, 3.05) is 44.7 Å². The van der Waals surface area contributed by atoms with Gasteiger partial charge in [0.05, 0.1) is 12.1 Å². The molecule has 2 heterocycles. The highest BCUT2D eigenvalue weighted by atomic mass is 19.4. The fourth-order valence-corrected chi connectivity index (χ4v) is 4.01. The van der Waals surface area contributed by atoms with Crippen LogP contribution in [0.4, 0.5) is 19.0 Å². The van der Waals surface area contributed by atoms with Gasteiger partial charge in [0, 0.05) is 45.5 Å². The van der Waals surface area contributed by atoms with Crippen LogP contribution in [-0.2, 0) is 11.0 Å². The SMILES string of the molecule is CC1CCC(N(C)C(=O)CN2CCN(c3ccc(C(F)(F)F)cn3)CC2)CC1. The van der Waals surface area contributed by atoms with E-state index in [0.29, 0.717) is 44.6 Å². The van der Waals surface area contributed by atoms with Crippen LogP contribution in [0.2, 0.25) is 0 Å². The standard InChI is InChI=1S/C20H29F3N4O/c1-15-3-6-17(7-4-15)25(2)19(28)14-26-9-11-27(12-10-26)18-8-5-16(13-24-18)20(21,22)23/h5,8,13,15,17H,3-4,6-7,9-12,14H2,1-2H3. The molecule has 0 spiro atoms. The van der Waals surface area contributed by atoms with Gasteiger partial charge in [0.15, 0.2) is 0 Å². The number of pyridine rings is 1. The normalized spacial score (nSPS) is 24.2. The molecule has 1 aromatic heterocycles. The van der Waals surface area contributed by atoms with Crippen molar-refractivity contribution in [1.82, 2.24) is 14.8 Å². The topological polar surface area (TPSA) is 39.7 Å². The van der Waals surface area contributed by atoms with Crippen molar-refractivity contribution >= 4 is 11.7 Å². The van der Waals surface area contributed by atoms with Crippen molar-refractivity contribution in [2.24, 2.45) is 5.92 Å². The number of carbonyl (C=O) groups is 1. The molecule has 0 N–H and O–H groups in total. The molecular formula is C20H29F3N4O. The lowest BCUT2D eigenvalue weighted by Crippen LogP contribution is -2.51. The lowest BCUT2D eigenvalue weighted by molar-refractivity contribution is -0.138. The summed E-state index contributed by atoms with van der Waals surface area (Å²) in [5.74, 6) is 1.46. The predicted octanol–water partition coefficient (Wildman–Crippen LogP) is 3.26. The zero-order valence-corrected chi connectivity index (χ0v) is 16.6. The second kappa shape index (κ2) is 8.68. The van der Waals surface area contributed by atoms with Crippen LogP contribution in [0, 0.1) is 5.92 Å². The Morgan fingerprint density at radius 3 is 2.32 bits per heavy atom. The van der Waals surface area contributed by atoms with Gasteiger partial charge in [-0.05, 0) is 43.7 Å². The highest BCUT2D eigenvalue weighted by Gasteiger charge is 2.31. The summed E-state index contributed by atoms with van der Waals surface area (Å²) in [7, 11) is 1.91. The summed E-state index contributed by atoms with van der Waals surface area (Å²) in [4.78, 5) is 22.6. The third-order valence-electron chi connectivity index (χ3n) is 6.06. The smallest absolute Gasteiger partial charge is 0.354 e. The Labute approximate surface area is 164 Å². The lowest BCUT2D eigenvalue weighted by Gasteiger charge is -2.38. The Morgan fingerprint density at radius 2 is 1.79 bits per heavy atom. The summed E-state index contributed by atoms with van der Waals surface area (Å²) in [6.45, 7) is 5.36. The van der Waals surface area contributed by atoms with E-state index in [2.05, 4.69) is 16.8 Å². The molecule has 28 heavy (non-hydrogen) atoms. The summed E-state index contributed by atoms with van der Waals surface area (Å²) >= 11 is 0. The first-order valence-corrected chi connectivity index (χ1v) is 10.00. The van der Waals surface area contributed by atoms with E-state index in [-0.39, 0.29) is 5.91 Å². The summed E-state index contributed by atoms with van der Waals surface area (Å²) in [6.07, 6.45) is 1.04. The highest BCUT2D eigenvalue weighted by molar-refractivity contribution is 5.78. The summed E-state index contributed by atoms with van der Waals surface area (Å²) in [6, 6.07) is 2.83. The number of carbonyl (C=O) groups excluding carboxylic acids is 1. The first-order valence-electron chi connectivity index (χ1n) is 10.00. The Bertz CT molecular complexity index is 648. The van der Waals surface area contributed by atoms with Gasteiger partial charge in [-0.2, -0.15) is 13.2 Å². The number of hydrogen-bond donors (Lipinski definition) is 0. The molecule has 2 fully saturated rings. The van der Waals surface area contributed by atoms with Crippen molar-refractivity contribution in [3.63, 3.8) is 0 Å². The Kier molecular flexibility index (Phi) is 6.47. The van der Waals surface area contributed by atoms with Crippen molar-refractivity contribution in [3.05, 3.63) is 23.9 Å². The van der Waals surface area contributed by atoms with Crippen LogP contribution in [0.15, 0.2) is 18.3 Å². The Morgan fingerprint density at radius 1 is 1.14 bits per heavy atom. The van der Waals surface area contributed by atoms with Crippen LogP contribution in [0.5, 0.6) is 0 Å². The van der Waals surface area contributed by atoms with Gasteiger partial charge in [-0.3, -0.25) is 9.69 Å². The van der Waals surface area contributed by atoms with Crippen LogP contribution < -0.4 is 4.90 Å². The molecule has 0 bridgehead atoms. The maximum Gasteiger partial charge on any atom is 0.417 e. The van der Waals surface area contributed by atoms with Gasteiger partial charge in [-0.15, -0.1) is 0 Å². The Balaban J connectivity index is 1.46. The average Bonchev–Trinajstić information content (AvgIpc) is 2.68. The number of halogens is 3. The molecule has 1 aromatic rings. The van der Waals surface area contributed by atoms with E-state index >= 15 is 0 Å². The number of hydrogen-bond acceptors (Lipinski definition) is 4. The fourth-order valence-electron chi connectivity index (χ4n) is 4.01. The predicted molar refractivity (Wildman–Crippen MR) is 102 cm³/mol. The fraction of sp³-hybridized carbons (Fsp3) is 0.700. The van der Waals surface area contributed by atoms with E-state index in [9.17, 15) is 18.0 Å². The molecule has 156 valence electrons. The third-order valence-corrected chi connectivity index (χ3v) is 6.06. The van der Waals surface area contributed by atoms with E-state index in [0.717, 1.165) is 31.0 Å². The number of anilines is 1. The first kappa shape index (κ1) is 20.9. The van der Waals surface area contributed by atoms with Crippen LogP contribution in [0.1, 0.15) is 38.2 Å². The molecule has 2 aliphatic rings. The van der Waals surface area contributed by atoms with E-state index in [4.69, 9.17) is 0 Å². The van der Waals surface area contributed by atoms with Crippen molar-refractivity contribution in [3.8, 4) is 0 Å². The minimum absolute atomic E-state index is 0.153. The number of piperazine rings is 1. The molecule has 5 nitrogen and oxygen atoms in total. The molecule has 1 aliphatic heterocycles. The van der Waals surface area contributed by atoms with E-state index < -0.39 is 11.7 Å². The molecule has 1 saturated carbocycles. The van der Waals surface area contributed by atoms with Crippen LogP contribution in [-0.4, -0.2) is 66.5 Å². The van der Waals surface area contributed by atoms with Gasteiger partial charge in [0.1, 0.15) is 5.82 Å². The average molecular weight is 398 g/mol. The van der Waals surface area contributed by atoms with Gasteiger partial charge < -0.3 is 9.80 Å². The zero-order chi connectivity index (χ0) is 20.3. The molecule has 1 amide bonds. The molecule has 1 aliphatic carbocycles. The maximum atomic E-state index is 12.7. The van der Waals surface area contributed by atoms with Crippen LogP contribution in [0.3, 0.4) is 0 Å². The quantitative estimate of drug-likeness (QED) is 0.781. The van der Waals surface area contributed by atoms with Crippen molar-refractivity contribution < 1.29 is 18.0 Å². The van der Waals surface area contributed by atoms with Crippen LogP contribution >= 0.6 is 0 Å². The zero-order valence-electron chi connectivity index (χ0n) is 16.6. The van der Waals surface area contributed by atoms with E-state index in [1.807, 2.05) is 16.8 Å². The molecule has 3 rings (SSSR count). The molecular weight excluding hydrogens is 369 g/mol. The highest BCUT2D eigenvalue weighted by Crippen LogP contribution is 2.29. The number of alkyl halides is 3. The summed E-state index contributed by atoms with van der Waals surface area (Å²) < 4.78 is 38.0. The number of aromatic nitrogens is 1. The molecule has 0 radical (unpaired) electrons. The number of nitrogens with zero attached hydrogens (tertiary/aromatic N) is 4. The van der Waals surface area contributed by atoms with E-state index in [1.54, 1.807) is 0 Å². The molecule has 8 heteroatoms. The van der Waals surface area contributed by atoms with Gasteiger partial charge >= 0.3 is 6.18 Å². The van der Waals surface area contributed by atoms with Gasteiger partial charge in [0.2, 0.25) is 5.91 Å². The Hall–Kier alpha value is -1.83. The van der Waals surface area contributed by atoms with E-state index in [1.165, 1.54) is 18.9 Å². The van der Waals surface area contributed by atoms with Gasteiger partial charge in [-0.25, -0.2) is 4.98 Å². The molecule has 0 unspecified atom stereocenters. The van der Waals surface area contributed by atoms with Crippen LogP contribution in [0.25, 0.3) is 0 Å². The van der Waals surface area contributed by atoms with Crippen molar-refractivity contribution in [1.29, 1.82) is 0 Å².